The summed E-state index contributed by atoms with van der Waals surface area (Å²) in [6, 6.07) is 11.9. The minimum absolute atomic E-state index is 0.0122. The molecule has 2 aliphatic rings. The van der Waals surface area contributed by atoms with Crippen LogP contribution in [0.25, 0.3) is 0 Å². The number of nitrogens with zero attached hydrogens (tertiary/aromatic N) is 3. The quantitative estimate of drug-likeness (QED) is 0.461. The Morgan fingerprint density at radius 2 is 2.00 bits per heavy atom. The smallest absolute Gasteiger partial charge is 0.269 e. The van der Waals surface area contributed by atoms with Gasteiger partial charge in [0.1, 0.15) is 5.75 Å². The fourth-order valence-corrected chi connectivity index (χ4v) is 4.93. The molecule has 0 spiro atoms. The Balaban J connectivity index is 1.60. The first-order chi connectivity index (χ1) is 16.7. The van der Waals surface area contributed by atoms with Crippen molar-refractivity contribution < 1.29 is 19.2 Å². The van der Waals surface area contributed by atoms with Crippen LogP contribution in [0.1, 0.15) is 19.4 Å². The first kappa shape index (κ1) is 24.5. The summed E-state index contributed by atoms with van der Waals surface area (Å²) in [5.74, 6) is -0.0303. The number of methoxy groups -OCH3 is 1. The molecule has 2 aliphatic heterocycles. The minimum Gasteiger partial charge on any atom is -0.497 e. The molecule has 2 amide bonds. The summed E-state index contributed by atoms with van der Waals surface area (Å²) in [7, 11) is 1.57. The van der Waals surface area contributed by atoms with E-state index < -0.39 is 10.8 Å². The molecule has 1 fully saturated rings. The number of nitro benzene ring substituents is 1. The number of nitro groups is 1. The lowest BCUT2D eigenvalue weighted by Crippen LogP contribution is -2.61. The topological polar surface area (TPSA) is 117 Å². The summed E-state index contributed by atoms with van der Waals surface area (Å²) in [5, 5.41) is 17.3. The third-order valence-electron chi connectivity index (χ3n) is 6.48. The highest BCUT2D eigenvalue weighted by Gasteiger charge is 2.42. The van der Waals surface area contributed by atoms with E-state index in [0.717, 1.165) is 11.3 Å². The van der Waals surface area contributed by atoms with Crippen LogP contribution in [-0.2, 0) is 16.0 Å². The van der Waals surface area contributed by atoms with E-state index in [-0.39, 0.29) is 36.1 Å². The van der Waals surface area contributed by atoms with Gasteiger partial charge in [-0.3, -0.25) is 24.6 Å². The number of hydrogen-bond acceptors (Lipinski definition) is 7. The second kappa shape index (κ2) is 10.3. The number of fused-ring (bicyclic) bond motifs is 3. The fourth-order valence-electron chi connectivity index (χ4n) is 4.93. The molecule has 0 aromatic heterocycles. The summed E-state index contributed by atoms with van der Waals surface area (Å²) in [4.78, 5) is 41.1. The van der Waals surface area contributed by atoms with Crippen molar-refractivity contribution in [3.05, 3.63) is 58.1 Å². The van der Waals surface area contributed by atoms with Gasteiger partial charge in [0.2, 0.25) is 11.8 Å². The highest BCUT2D eigenvalue weighted by atomic mass is 16.6. The zero-order valence-corrected chi connectivity index (χ0v) is 20.2. The molecule has 0 saturated carbocycles. The van der Waals surface area contributed by atoms with Crippen molar-refractivity contribution in [2.75, 3.05) is 43.5 Å². The molecular formula is C25H31N5O5. The lowest BCUT2D eigenvalue weighted by Gasteiger charge is -2.49. The Morgan fingerprint density at radius 1 is 1.20 bits per heavy atom. The molecule has 2 aromatic rings. The number of piperazine rings is 1. The number of non-ortho nitro benzene ring substituents is 1. The summed E-state index contributed by atoms with van der Waals surface area (Å²) in [5.41, 5.74) is 2.33. The van der Waals surface area contributed by atoms with Crippen molar-refractivity contribution in [2.45, 2.75) is 32.4 Å². The van der Waals surface area contributed by atoms with Crippen LogP contribution >= 0.6 is 0 Å². The second-order valence-corrected chi connectivity index (χ2v) is 9.32. The molecule has 35 heavy (non-hydrogen) atoms. The maximum Gasteiger partial charge on any atom is 0.269 e. The Labute approximate surface area is 204 Å². The number of carbonyl (C=O) groups is 2. The number of nitrogens with one attached hydrogen (secondary N) is 2. The highest BCUT2D eigenvalue weighted by Crippen LogP contribution is 2.38. The molecular weight excluding hydrogens is 450 g/mol. The maximum absolute atomic E-state index is 13.5. The fraction of sp³-hybridized carbons (Fsp3) is 0.440. The van der Waals surface area contributed by atoms with Crippen molar-refractivity contribution in [1.82, 2.24) is 10.2 Å². The molecule has 1 saturated heterocycles. The predicted octanol–water partition coefficient (Wildman–Crippen LogP) is 2.43. The number of ether oxygens (including phenoxy) is 1. The highest BCUT2D eigenvalue weighted by molar-refractivity contribution is 5.94. The molecule has 2 aromatic carbocycles. The number of benzene rings is 2. The number of amides is 2. The van der Waals surface area contributed by atoms with Gasteiger partial charge in [0.15, 0.2) is 0 Å². The van der Waals surface area contributed by atoms with Gasteiger partial charge in [-0.25, -0.2) is 0 Å². The molecule has 0 aliphatic carbocycles. The van der Waals surface area contributed by atoms with Crippen molar-refractivity contribution >= 4 is 28.9 Å². The molecule has 0 bridgehead atoms. The van der Waals surface area contributed by atoms with Crippen LogP contribution < -0.4 is 20.3 Å². The van der Waals surface area contributed by atoms with Gasteiger partial charge in [-0.1, -0.05) is 6.07 Å². The van der Waals surface area contributed by atoms with E-state index in [1.165, 1.54) is 6.07 Å². The van der Waals surface area contributed by atoms with Crippen LogP contribution in [0.3, 0.4) is 0 Å². The molecule has 4 rings (SSSR count). The molecule has 186 valence electrons. The van der Waals surface area contributed by atoms with Crippen molar-refractivity contribution in [3.63, 3.8) is 0 Å². The minimum atomic E-state index is -0.452. The molecule has 2 heterocycles. The molecule has 0 unspecified atom stereocenters. The standard InChI is InChI=1S/C25H31N5O5/c1-16(2)26-24(31)15-28-9-10-29-22-8-7-19(30(33)34)11-17(22)12-21(23(29)14-28)25(32)27-18-5-4-6-20(13-18)35-3/h4-8,11,13,16,21,23H,9-10,12,14-15H2,1-3H3,(H,26,31)(H,27,32)/t21-,23+/m0/s1. The average molecular weight is 482 g/mol. The SMILES string of the molecule is COc1cccc(NC(=O)[C@H]2Cc3cc([N+](=O)[O-])ccc3N3CCN(CC(=O)NC(C)C)C[C@H]23)c1. The zero-order chi connectivity index (χ0) is 25.1. The second-order valence-electron chi connectivity index (χ2n) is 9.32. The van der Waals surface area contributed by atoms with E-state index >= 15 is 0 Å². The van der Waals surface area contributed by atoms with Crippen molar-refractivity contribution in [2.24, 2.45) is 5.92 Å². The number of anilines is 2. The van der Waals surface area contributed by atoms with Crippen LogP contribution in [0.15, 0.2) is 42.5 Å². The van der Waals surface area contributed by atoms with Gasteiger partial charge >= 0.3 is 0 Å². The number of carbonyl (C=O) groups excluding carboxylic acids is 2. The first-order valence-corrected chi connectivity index (χ1v) is 11.8. The zero-order valence-electron chi connectivity index (χ0n) is 20.2. The van der Waals surface area contributed by atoms with Crippen molar-refractivity contribution in [3.8, 4) is 5.75 Å². The predicted molar refractivity (Wildman–Crippen MR) is 133 cm³/mol. The summed E-state index contributed by atoms with van der Waals surface area (Å²) in [6.07, 6.45) is 0.375. The summed E-state index contributed by atoms with van der Waals surface area (Å²) >= 11 is 0. The normalized spacial score (nSPS) is 19.5. The third-order valence-corrected chi connectivity index (χ3v) is 6.48. The monoisotopic (exact) mass is 481 g/mol. The van der Waals surface area contributed by atoms with E-state index in [1.807, 2.05) is 13.8 Å². The Bertz CT molecular complexity index is 1120. The number of hydrogen-bond donors (Lipinski definition) is 2. The Kier molecular flexibility index (Phi) is 7.20. The lowest BCUT2D eigenvalue weighted by atomic mass is 9.83. The van der Waals surface area contributed by atoms with Gasteiger partial charge in [0, 0.05) is 55.2 Å². The Morgan fingerprint density at radius 3 is 2.71 bits per heavy atom. The number of rotatable bonds is 7. The van der Waals surface area contributed by atoms with Crippen LogP contribution in [0.4, 0.5) is 17.1 Å². The molecule has 10 heteroatoms. The summed E-state index contributed by atoms with van der Waals surface area (Å²) < 4.78 is 5.26. The van der Waals surface area contributed by atoms with Crippen LogP contribution in [0, 0.1) is 16.0 Å². The van der Waals surface area contributed by atoms with Gasteiger partial charge in [-0.05, 0) is 44.0 Å². The van der Waals surface area contributed by atoms with E-state index in [0.29, 0.717) is 37.5 Å². The van der Waals surface area contributed by atoms with Crippen molar-refractivity contribution in [1.29, 1.82) is 0 Å². The molecule has 2 atom stereocenters. The van der Waals surface area contributed by atoms with Crippen LogP contribution in [-0.4, -0.2) is 67.0 Å². The Hall–Kier alpha value is -3.66. The van der Waals surface area contributed by atoms with Crippen LogP contribution in [0.2, 0.25) is 0 Å². The van der Waals surface area contributed by atoms with Gasteiger partial charge < -0.3 is 20.3 Å². The molecule has 10 nitrogen and oxygen atoms in total. The maximum atomic E-state index is 13.5. The van der Waals surface area contributed by atoms with Gasteiger partial charge in [0.05, 0.1) is 30.5 Å². The van der Waals surface area contributed by atoms with Gasteiger partial charge in [-0.15, -0.1) is 0 Å². The average Bonchev–Trinajstić information content (AvgIpc) is 2.82. The van der Waals surface area contributed by atoms with Gasteiger partial charge in [-0.2, -0.15) is 0 Å². The molecule has 2 N–H and O–H groups in total. The molecule has 0 radical (unpaired) electrons. The first-order valence-electron chi connectivity index (χ1n) is 11.8. The van der Waals surface area contributed by atoms with Crippen LogP contribution in [0.5, 0.6) is 5.75 Å². The largest absolute Gasteiger partial charge is 0.497 e. The third kappa shape index (κ3) is 5.54. The van der Waals surface area contributed by atoms with E-state index in [9.17, 15) is 19.7 Å². The lowest BCUT2D eigenvalue weighted by molar-refractivity contribution is -0.384. The van der Waals surface area contributed by atoms with E-state index in [2.05, 4.69) is 20.4 Å². The van der Waals surface area contributed by atoms with E-state index in [1.54, 1.807) is 43.5 Å². The summed E-state index contributed by atoms with van der Waals surface area (Å²) in [6.45, 7) is 5.92. The van der Waals surface area contributed by atoms with Gasteiger partial charge in [0.25, 0.3) is 5.69 Å². The van der Waals surface area contributed by atoms with E-state index in [4.69, 9.17) is 4.74 Å².